The Kier molecular flexibility index (Phi) is 3.76. The number of hydrogen-bond donors (Lipinski definition) is 2. The second-order valence-electron chi connectivity index (χ2n) is 6.16. The Morgan fingerprint density at radius 3 is 2.96 bits per heavy atom. The fraction of sp³-hybridized carbons (Fsp3) is 0.278. The van der Waals surface area contributed by atoms with E-state index in [0.29, 0.717) is 16.9 Å². The molecule has 0 saturated carbocycles. The SMILES string of the molecule is O=C(OCC(=O)c1ccc[nH]1)c1ccc2c(c1)NC(=O)C1CCCN21. The van der Waals surface area contributed by atoms with Gasteiger partial charge in [0, 0.05) is 12.7 Å². The Hall–Kier alpha value is -3.09. The van der Waals surface area contributed by atoms with Crippen LogP contribution in [0.3, 0.4) is 0 Å². The minimum Gasteiger partial charge on any atom is -0.454 e. The van der Waals surface area contributed by atoms with E-state index in [0.717, 1.165) is 25.1 Å². The highest BCUT2D eigenvalue weighted by molar-refractivity contribution is 6.05. The van der Waals surface area contributed by atoms with E-state index >= 15 is 0 Å². The Labute approximate surface area is 144 Å². The molecule has 0 bridgehead atoms. The first kappa shape index (κ1) is 15.4. The lowest BCUT2D eigenvalue weighted by atomic mass is 10.1. The Morgan fingerprint density at radius 1 is 1.28 bits per heavy atom. The number of nitrogens with zero attached hydrogens (tertiary/aromatic N) is 1. The molecule has 3 heterocycles. The van der Waals surface area contributed by atoms with Crippen molar-refractivity contribution in [2.24, 2.45) is 0 Å². The maximum Gasteiger partial charge on any atom is 0.338 e. The van der Waals surface area contributed by atoms with Crippen LogP contribution in [0.15, 0.2) is 36.5 Å². The minimum atomic E-state index is -0.597. The molecule has 0 spiro atoms. The lowest BCUT2D eigenvalue weighted by Crippen LogP contribution is -2.43. The summed E-state index contributed by atoms with van der Waals surface area (Å²) in [5.41, 5.74) is 2.22. The number of ether oxygens (including phenoxy) is 1. The second-order valence-corrected chi connectivity index (χ2v) is 6.16. The molecule has 2 aromatic rings. The molecule has 1 amide bonds. The third-order valence-corrected chi connectivity index (χ3v) is 4.59. The molecule has 1 saturated heterocycles. The summed E-state index contributed by atoms with van der Waals surface area (Å²) in [7, 11) is 0. The Balaban J connectivity index is 1.48. The van der Waals surface area contributed by atoms with Crippen LogP contribution < -0.4 is 10.2 Å². The molecule has 1 aromatic heterocycles. The number of aromatic nitrogens is 1. The topological polar surface area (TPSA) is 91.5 Å². The highest BCUT2D eigenvalue weighted by Crippen LogP contribution is 2.37. The number of carbonyl (C=O) groups excluding carboxylic acids is 3. The third kappa shape index (κ3) is 2.77. The molecule has 0 aliphatic carbocycles. The molecule has 0 radical (unpaired) electrons. The third-order valence-electron chi connectivity index (χ3n) is 4.59. The summed E-state index contributed by atoms with van der Waals surface area (Å²) < 4.78 is 5.08. The number of carbonyl (C=O) groups is 3. The number of rotatable bonds is 4. The molecule has 2 aliphatic rings. The molecular formula is C18H17N3O4. The molecule has 1 aromatic carbocycles. The van der Waals surface area contributed by atoms with E-state index < -0.39 is 5.97 Å². The highest BCUT2D eigenvalue weighted by Gasteiger charge is 2.36. The van der Waals surface area contributed by atoms with Crippen LogP contribution >= 0.6 is 0 Å². The number of H-pyrrole nitrogens is 1. The largest absolute Gasteiger partial charge is 0.454 e. The predicted octanol–water partition coefficient (Wildman–Crippen LogP) is 1.98. The van der Waals surface area contributed by atoms with Crippen molar-refractivity contribution in [2.75, 3.05) is 23.4 Å². The summed E-state index contributed by atoms with van der Waals surface area (Å²) in [4.78, 5) is 41.1. The van der Waals surface area contributed by atoms with Crippen LogP contribution in [0.5, 0.6) is 0 Å². The van der Waals surface area contributed by atoms with Crippen LogP contribution in [0.4, 0.5) is 11.4 Å². The summed E-state index contributed by atoms with van der Waals surface area (Å²) >= 11 is 0. The number of benzene rings is 1. The van der Waals surface area contributed by atoms with Crippen molar-refractivity contribution in [1.82, 2.24) is 4.98 Å². The van der Waals surface area contributed by atoms with Crippen LogP contribution in [0.2, 0.25) is 0 Å². The van der Waals surface area contributed by atoms with Crippen molar-refractivity contribution in [1.29, 1.82) is 0 Å². The maximum absolute atomic E-state index is 12.2. The zero-order valence-corrected chi connectivity index (χ0v) is 13.5. The van der Waals surface area contributed by atoms with E-state index in [1.165, 1.54) is 0 Å². The van der Waals surface area contributed by atoms with Gasteiger partial charge in [-0.2, -0.15) is 0 Å². The van der Waals surface area contributed by atoms with Crippen LogP contribution in [0.1, 0.15) is 33.7 Å². The average Bonchev–Trinajstić information content (AvgIpc) is 3.30. The van der Waals surface area contributed by atoms with Crippen LogP contribution in [-0.2, 0) is 9.53 Å². The number of aromatic amines is 1. The van der Waals surface area contributed by atoms with Gasteiger partial charge in [0.15, 0.2) is 6.61 Å². The summed E-state index contributed by atoms with van der Waals surface area (Å²) in [5, 5.41) is 2.85. The molecule has 7 heteroatoms. The van der Waals surface area contributed by atoms with Gasteiger partial charge in [-0.15, -0.1) is 0 Å². The number of hydrogen-bond acceptors (Lipinski definition) is 5. The van der Waals surface area contributed by atoms with Crippen LogP contribution in [0, 0.1) is 0 Å². The number of amides is 1. The van der Waals surface area contributed by atoms with Crippen LogP contribution in [0.25, 0.3) is 0 Å². The number of anilines is 2. The standard InChI is InChI=1S/C18H17N3O4/c22-16(12-3-1-7-19-12)10-25-18(24)11-5-6-14-13(9-11)20-17(23)15-4-2-8-21(14)15/h1,3,5-7,9,15,19H,2,4,8,10H2,(H,20,23). The van der Waals surface area contributed by atoms with Gasteiger partial charge in [-0.25, -0.2) is 4.79 Å². The quantitative estimate of drug-likeness (QED) is 0.656. The van der Waals surface area contributed by atoms with Crippen molar-refractivity contribution in [3.8, 4) is 0 Å². The lowest BCUT2D eigenvalue weighted by molar-refractivity contribution is -0.117. The molecule has 4 rings (SSSR count). The predicted molar refractivity (Wildman–Crippen MR) is 90.8 cm³/mol. The number of esters is 1. The summed E-state index contributed by atoms with van der Waals surface area (Å²) in [6, 6.07) is 8.28. The summed E-state index contributed by atoms with van der Waals surface area (Å²) in [5.74, 6) is -0.942. The molecule has 2 N–H and O–H groups in total. The van der Waals surface area contributed by atoms with Gasteiger partial charge in [-0.1, -0.05) is 0 Å². The molecule has 2 aliphatic heterocycles. The summed E-state index contributed by atoms with van der Waals surface area (Å²) in [6.45, 7) is 0.497. The van der Waals surface area contributed by atoms with Gasteiger partial charge >= 0.3 is 5.97 Å². The molecule has 1 atom stereocenters. The Morgan fingerprint density at radius 2 is 2.16 bits per heavy atom. The number of Topliss-reactive ketones (excluding diaryl/α,β-unsaturated/α-hetero) is 1. The zero-order valence-electron chi connectivity index (χ0n) is 13.5. The first-order valence-corrected chi connectivity index (χ1v) is 8.19. The average molecular weight is 339 g/mol. The van der Waals surface area contributed by atoms with Crippen LogP contribution in [-0.4, -0.2) is 41.8 Å². The summed E-state index contributed by atoms with van der Waals surface area (Å²) in [6.07, 6.45) is 3.45. The molecule has 1 unspecified atom stereocenters. The van der Waals surface area contributed by atoms with E-state index in [2.05, 4.69) is 15.2 Å². The maximum atomic E-state index is 12.2. The van der Waals surface area contributed by atoms with Gasteiger partial charge < -0.3 is 19.9 Å². The van der Waals surface area contributed by atoms with E-state index in [-0.39, 0.29) is 24.3 Å². The van der Waals surface area contributed by atoms with E-state index in [4.69, 9.17) is 4.74 Å². The highest BCUT2D eigenvalue weighted by atomic mass is 16.5. The van der Waals surface area contributed by atoms with Gasteiger partial charge in [0.25, 0.3) is 0 Å². The molecule has 128 valence electrons. The van der Waals surface area contributed by atoms with E-state index in [1.54, 1.807) is 30.5 Å². The molecule has 1 fully saturated rings. The first-order valence-electron chi connectivity index (χ1n) is 8.19. The van der Waals surface area contributed by atoms with Gasteiger partial charge in [-0.05, 0) is 43.2 Å². The minimum absolute atomic E-state index is 0.0440. The number of fused-ring (bicyclic) bond motifs is 3. The first-order chi connectivity index (χ1) is 12.1. The smallest absolute Gasteiger partial charge is 0.338 e. The van der Waals surface area contributed by atoms with Gasteiger partial charge in [0.1, 0.15) is 6.04 Å². The van der Waals surface area contributed by atoms with E-state index in [9.17, 15) is 14.4 Å². The fourth-order valence-electron chi connectivity index (χ4n) is 3.35. The van der Waals surface area contributed by atoms with Crippen molar-refractivity contribution in [2.45, 2.75) is 18.9 Å². The monoisotopic (exact) mass is 339 g/mol. The normalized spacial score (nSPS) is 18.3. The van der Waals surface area contributed by atoms with Crippen molar-refractivity contribution in [3.63, 3.8) is 0 Å². The second kappa shape index (κ2) is 6.08. The fourth-order valence-corrected chi connectivity index (χ4v) is 3.35. The molecule has 7 nitrogen and oxygen atoms in total. The van der Waals surface area contributed by atoms with Crippen molar-refractivity contribution < 1.29 is 19.1 Å². The molecule has 25 heavy (non-hydrogen) atoms. The van der Waals surface area contributed by atoms with Crippen molar-refractivity contribution >= 4 is 29.0 Å². The van der Waals surface area contributed by atoms with E-state index in [1.807, 2.05) is 6.07 Å². The van der Waals surface area contributed by atoms with Crippen molar-refractivity contribution in [3.05, 3.63) is 47.8 Å². The number of nitrogens with one attached hydrogen (secondary N) is 2. The lowest BCUT2D eigenvalue weighted by Gasteiger charge is -2.33. The van der Waals surface area contributed by atoms with Gasteiger partial charge in [0.2, 0.25) is 11.7 Å². The van der Waals surface area contributed by atoms with Gasteiger partial charge in [0.05, 0.1) is 22.6 Å². The number of ketones is 1. The molecular weight excluding hydrogens is 322 g/mol. The Bertz CT molecular complexity index is 844. The van der Waals surface area contributed by atoms with Gasteiger partial charge in [-0.3, -0.25) is 9.59 Å². The zero-order chi connectivity index (χ0) is 17.4.